The number of halogens is 2. The Kier molecular flexibility index (Phi) is 4.66. The number of oxazole rings is 1. The Morgan fingerprint density at radius 1 is 1.18 bits per heavy atom. The molecule has 0 fully saturated rings. The maximum absolute atomic E-state index is 13.7. The molecule has 3 N–H and O–H groups in total. The molecule has 0 spiro atoms. The van der Waals surface area contributed by atoms with Crippen molar-refractivity contribution < 1.29 is 27.9 Å². The average molecular weight is 311 g/mol. The summed E-state index contributed by atoms with van der Waals surface area (Å²) in [4.78, 5) is 25.8. The van der Waals surface area contributed by atoms with Crippen LogP contribution >= 0.6 is 0 Å². The first-order chi connectivity index (χ1) is 10.5. The predicted molar refractivity (Wildman–Crippen MR) is 70.2 cm³/mol. The van der Waals surface area contributed by atoms with Gasteiger partial charge in [0.1, 0.15) is 11.6 Å². The van der Waals surface area contributed by atoms with Crippen LogP contribution in [0, 0.1) is 11.6 Å². The smallest absolute Gasteiger partial charge is 0.404 e. The SMILES string of the molecule is O=C(O)NCCNC(=O)c1ncoc1-c1c(F)cccc1F. The van der Waals surface area contributed by atoms with E-state index in [1.54, 1.807) is 0 Å². The van der Waals surface area contributed by atoms with Crippen LogP contribution in [0.15, 0.2) is 29.0 Å². The topological polar surface area (TPSA) is 104 Å². The number of carboxylic acid groups (broad SMARTS) is 1. The van der Waals surface area contributed by atoms with E-state index in [9.17, 15) is 18.4 Å². The molecule has 0 aliphatic rings. The highest BCUT2D eigenvalue weighted by atomic mass is 19.1. The van der Waals surface area contributed by atoms with Gasteiger partial charge in [-0.25, -0.2) is 18.6 Å². The molecule has 2 aromatic rings. The van der Waals surface area contributed by atoms with Crippen molar-refractivity contribution in [1.29, 1.82) is 0 Å². The Hall–Kier alpha value is -2.97. The molecule has 0 aliphatic carbocycles. The molecule has 1 heterocycles. The molecule has 0 aliphatic heterocycles. The highest BCUT2D eigenvalue weighted by Gasteiger charge is 2.23. The molecule has 0 bridgehead atoms. The average Bonchev–Trinajstić information content (AvgIpc) is 2.92. The van der Waals surface area contributed by atoms with Gasteiger partial charge in [-0.2, -0.15) is 0 Å². The lowest BCUT2D eigenvalue weighted by molar-refractivity contribution is 0.0949. The minimum absolute atomic E-state index is 0.0167. The van der Waals surface area contributed by atoms with Gasteiger partial charge in [-0.3, -0.25) is 4.79 Å². The third-order valence-electron chi connectivity index (χ3n) is 2.66. The Balaban J connectivity index is 2.16. The van der Waals surface area contributed by atoms with Gasteiger partial charge in [-0.1, -0.05) is 6.07 Å². The van der Waals surface area contributed by atoms with Gasteiger partial charge in [0, 0.05) is 13.1 Å². The fraction of sp³-hybridized carbons (Fsp3) is 0.154. The summed E-state index contributed by atoms with van der Waals surface area (Å²) in [5.41, 5.74) is -0.784. The van der Waals surface area contributed by atoms with Crippen molar-refractivity contribution in [2.45, 2.75) is 0 Å². The normalized spacial score (nSPS) is 10.3. The van der Waals surface area contributed by atoms with Crippen molar-refractivity contribution >= 4 is 12.0 Å². The molecule has 0 unspecified atom stereocenters. The van der Waals surface area contributed by atoms with E-state index in [0.29, 0.717) is 0 Å². The molecule has 0 radical (unpaired) electrons. The van der Waals surface area contributed by atoms with Gasteiger partial charge in [0.2, 0.25) is 0 Å². The van der Waals surface area contributed by atoms with Crippen molar-refractivity contribution in [2.24, 2.45) is 0 Å². The van der Waals surface area contributed by atoms with E-state index in [2.05, 4.69) is 10.3 Å². The molecule has 7 nitrogen and oxygen atoms in total. The predicted octanol–water partition coefficient (Wildman–Crippen LogP) is 1.62. The van der Waals surface area contributed by atoms with Crippen molar-refractivity contribution in [1.82, 2.24) is 15.6 Å². The number of carbonyl (C=O) groups excluding carboxylic acids is 1. The maximum Gasteiger partial charge on any atom is 0.404 e. The Labute approximate surface area is 123 Å². The van der Waals surface area contributed by atoms with Crippen LogP contribution in [-0.4, -0.2) is 35.2 Å². The van der Waals surface area contributed by atoms with Crippen LogP contribution in [0.5, 0.6) is 0 Å². The summed E-state index contributed by atoms with van der Waals surface area (Å²) in [6, 6.07) is 3.24. The molecular weight excluding hydrogens is 300 g/mol. The zero-order chi connectivity index (χ0) is 16.1. The molecule has 1 aromatic carbocycles. The molecule has 0 saturated carbocycles. The first-order valence-electron chi connectivity index (χ1n) is 6.13. The van der Waals surface area contributed by atoms with E-state index < -0.39 is 29.2 Å². The van der Waals surface area contributed by atoms with Crippen molar-refractivity contribution in [3.63, 3.8) is 0 Å². The molecule has 0 atom stereocenters. The molecule has 2 amide bonds. The summed E-state index contributed by atoms with van der Waals surface area (Å²) < 4.78 is 32.4. The van der Waals surface area contributed by atoms with Gasteiger partial charge in [0.25, 0.3) is 5.91 Å². The largest absolute Gasteiger partial charge is 0.465 e. The van der Waals surface area contributed by atoms with E-state index in [4.69, 9.17) is 9.52 Å². The summed E-state index contributed by atoms with van der Waals surface area (Å²) in [5.74, 6) is -2.85. The summed E-state index contributed by atoms with van der Waals surface area (Å²) >= 11 is 0. The number of hydrogen-bond donors (Lipinski definition) is 3. The van der Waals surface area contributed by atoms with Crippen molar-refractivity contribution in [3.05, 3.63) is 41.9 Å². The number of aromatic nitrogens is 1. The van der Waals surface area contributed by atoms with Crippen LogP contribution in [0.1, 0.15) is 10.5 Å². The lowest BCUT2D eigenvalue weighted by atomic mass is 10.1. The highest BCUT2D eigenvalue weighted by molar-refractivity contribution is 5.97. The molecule has 0 saturated heterocycles. The first-order valence-corrected chi connectivity index (χ1v) is 6.13. The molecule has 116 valence electrons. The molecule has 2 rings (SSSR count). The van der Waals surface area contributed by atoms with E-state index in [1.165, 1.54) is 6.07 Å². The fourth-order valence-corrected chi connectivity index (χ4v) is 1.73. The van der Waals surface area contributed by atoms with Crippen molar-refractivity contribution in [3.8, 4) is 11.3 Å². The molecular formula is C13H11F2N3O4. The first kappa shape index (κ1) is 15.4. The van der Waals surface area contributed by atoms with Gasteiger partial charge < -0.3 is 20.2 Å². The fourth-order valence-electron chi connectivity index (χ4n) is 1.73. The third-order valence-corrected chi connectivity index (χ3v) is 2.66. The molecule has 1 aromatic heterocycles. The number of nitrogens with zero attached hydrogens (tertiary/aromatic N) is 1. The van der Waals surface area contributed by atoms with E-state index in [1.807, 2.05) is 5.32 Å². The highest BCUT2D eigenvalue weighted by Crippen LogP contribution is 2.28. The van der Waals surface area contributed by atoms with Gasteiger partial charge in [-0.05, 0) is 12.1 Å². The number of benzene rings is 1. The summed E-state index contributed by atoms with van der Waals surface area (Å²) in [6.45, 7) is -0.0422. The second kappa shape index (κ2) is 6.66. The lowest BCUT2D eigenvalue weighted by Gasteiger charge is -2.06. The second-order valence-electron chi connectivity index (χ2n) is 4.11. The van der Waals surface area contributed by atoms with Gasteiger partial charge >= 0.3 is 6.09 Å². The third kappa shape index (κ3) is 3.37. The lowest BCUT2D eigenvalue weighted by Crippen LogP contribution is -2.34. The summed E-state index contributed by atoms with van der Waals surface area (Å²) in [7, 11) is 0. The van der Waals surface area contributed by atoms with Crippen LogP contribution in [0.25, 0.3) is 11.3 Å². The Morgan fingerprint density at radius 3 is 2.45 bits per heavy atom. The second-order valence-corrected chi connectivity index (χ2v) is 4.11. The van der Waals surface area contributed by atoms with Crippen LogP contribution in [0.3, 0.4) is 0 Å². The quantitative estimate of drug-likeness (QED) is 0.728. The minimum atomic E-state index is -1.23. The molecule has 22 heavy (non-hydrogen) atoms. The zero-order valence-electron chi connectivity index (χ0n) is 11.1. The maximum atomic E-state index is 13.7. The zero-order valence-corrected chi connectivity index (χ0v) is 11.1. The minimum Gasteiger partial charge on any atom is -0.465 e. The van der Waals surface area contributed by atoms with E-state index in [0.717, 1.165) is 18.5 Å². The van der Waals surface area contributed by atoms with Gasteiger partial charge in [0.05, 0.1) is 5.56 Å². The Morgan fingerprint density at radius 2 is 1.82 bits per heavy atom. The van der Waals surface area contributed by atoms with Crippen LogP contribution in [-0.2, 0) is 0 Å². The summed E-state index contributed by atoms with van der Waals surface area (Å²) in [5, 5.41) is 12.8. The van der Waals surface area contributed by atoms with Gasteiger partial charge in [-0.15, -0.1) is 0 Å². The van der Waals surface area contributed by atoms with Crippen LogP contribution in [0.4, 0.5) is 13.6 Å². The van der Waals surface area contributed by atoms with E-state index >= 15 is 0 Å². The number of hydrogen-bond acceptors (Lipinski definition) is 4. The number of nitrogens with one attached hydrogen (secondary N) is 2. The van der Waals surface area contributed by atoms with Crippen LogP contribution in [0.2, 0.25) is 0 Å². The molecule has 9 heteroatoms. The Bertz CT molecular complexity index is 682. The van der Waals surface area contributed by atoms with E-state index in [-0.39, 0.29) is 24.5 Å². The van der Waals surface area contributed by atoms with Crippen molar-refractivity contribution in [2.75, 3.05) is 13.1 Å². The standard InChI is InChI=1S/C13H11F2N3O4/c14-7-2-1-3-8(15)9(7)11-10(18-6-22-11)12(19)16-4-5-17-13(20)21/h1-3,6,17H,4-5H2,(H,16,19)(H,20,21). The monoisotopic (exact) mass is 311 g/mol. The van der Waals surface area contributed by atoms with Gasteiger partial charge in [0.15, 0.2) is 17.8 Å². The number of rotatable bonds is 5. The number of carbonyl (C=O) groups is 2. The number of amides is 2. The summed E-state index contributed by atoms with van der Waals surface area (Å²) in [6.07, 6.45) is -0.337. The van der Waals surface area contributed by atoms with Crippen LogP contribution < -0.4 is 10.6 Å².